The molecule has 0 heterocycles. The third-order valence-electron chi connectivity index (χ3n) is 15.8. The summed E-state index contributed by atoms with van der Waals surface area (Å²) in [6.07, 6.45) is 70.5. The van der Waals surface area contributed by atoms with Gasteiger partial charge in [0, 0.05) is 12.8 Å². The molecule has 0 aromatic carbocycles. The molecule has 0 aliphatic heterocycles. The molecule has 0 aliphatic carbocycles. The molecule has 462 valence electrons. The van der Waals surface area contributed by atoms with Crippen molar-refractivity contribution in [3.05, 3.63) is 12.2 Å². The van der Waals surface area contributed by atoms with Crippen LogP contribution in [0.1, 0.15) is 354 Å². The topological polar surface area (TPSA) is 108 Å². The zero-order chi connectivity index (χ0) is 56.9. The summed E-state index contributed by atoms with van der Waals surface area (Å²) in [6, 6.07) is 0. The summed E-state index contributed by atoms with van der Waals surface area (Å²) in [7, 11) is 5.98. The lowest BCUT2D eigenvalue weighted by Crippen LogP contribution is -2.40. The molecule has 0 amide bonds. The van der Waals surface area contributed by atoms with Crippen molar-refractivity contribution in [3.63, 3.8) is 0 Å². The molecule has 0 saturated carbocycles. The highest BCUT2D eigenvalue weighted by Gasteiger charge is 2.25. The van der Waals surface area contributed by atoms with Crippen molar-refractivity contribution in [2.45, 2.75) is 367 Å². The van der Waals surface area contributed by atoms with Gasteiger partial charge >= 0.3 is 17.9 Å². The molecule has 9 heteroatoms. The summed E-state index contributed by atoms with van der Waals surface area (Å²) in [5.41, 5.74) is 0. The lowest BCUT2D eigenvalue weighted by atomic mass is 10.0. The number of carbonyl (C=O) groups is 3. The maximum absolute atomic E-state index is 12.9. The van der Waals surface area contributed by atoms with Crippen molar-refractivity contribution in [2.24, 2.45) is 0 Å². The monoisotopic (exact) mass is 1110 g/mol. The summed E-state index contributed by atoms with van der Waals surface area (Å²) in [6.45, 7) is 4.94. The normalized spacial score (nSPS) is 12.7. The first-order chi connectivity index (χ1) is 38.1. The van der Waals surface area contributed by atoms with Gasteiger partial charge < -0.3 is 28.5 Å². The Morgan fingerprint density at radius 3 is 0.949 bits per heavy atom. The predicted octanol–water partition coefficient (Wildman–Crippen LogP) is 20.9. The second kappa shape index (κ2) is 61.1. The SMILES string of the molecule is CCCCCCCCC/C=C\CCCCCCCCCC(=O)OC(COC(=O)CCCCCCCCCCCCCCCCCCCCCCCCCCCCCCCCCCCCC)COC(OCC[N+](C)(C)C)C(=O)O. The predicted molar refractivity (Wildman–Crippen MR) is 332 cm³/mol. The average molecular weight is 1110 g/mol. The van der Waals surface area contributed by atoms with Gasteiger partial charge in [-0.2, -0.15) is 0 Å². The van der Waals surface area contributed by atoms with Gasteiger partial charge in [0.15, 0.2) is 6.10 Å². The van der Waals surface area contributed by atoms with Crippen molar-refractivity contribution in [1.82, 2.24) is 0 Å². The number of ether oxygens (including phenoxy) is 4. The lowest BCUT2D eigenvalue weighted by Gasteiger charge is -2.25. The molecule has 78 heavy (non-hydrogen) atoms. The van der Waals surface area contributed by atoms with Gasteiger partial charge in [0.05, 0.1) is 34.4 Å². The minimum absolute atomic E-state index is 0.177. The minimum Gasteiger partial charge on any atom is -0.477 e. The molecule has 0 aromatic heterocycles. The molecule has 0 aliphatic rings. The lowest BCUT2D eigenvalue weighted by molar-refractivity contribution is -0.870. The van der Waals surface area contributed by atoms with E-state index in [1.165, 1.54) is 276 Å². The summed E-state index contributed by atoms with van der Waals surface area (Å²) >= 11 is 0. The van der Waals surface area contributed by atoms with E-state index in [9.17, 15) is 19.5 Å². The van der Waals surface area contributed by atoms with Crippen LogP contribution in [0, 0.1) is 0 Å². The summed E-state index contributed by atoms with van der Waals surface area (Å²) < 4.78 is 23.0. The number of carbonyl (C=O) groups excluding carboxylic acids is 2. The van der Waals surface area contributed by atoms with Crippen LogP contribution in [0.5, 0.6) is 0 Å². The quantitative estimate of drug-likeness (QED) is 0.0211. The average Bonchev–Trinajstić information content (AvgIpc) is 3.41. The van der Waals surface area contributed by atoms with E-state index in [0.29, 0.717) is 17.4 Å². The van der Waals surface area contributed by atoms with E-state index in [0.717, 1.165) is 51.4 Å². The molecular weight excluding hydrogens is 971 g/mol. The van der Waals surface area contributed by atoms with Gasteiger partial charge in [-0.3, -0.25) is 9.59 Å². The molecule has 0 fully saturated rings. The van der Waals surface area contributed by atoms with E-state index in [1.807, 2.05) is 21.1 Å². The summed E-state index contributed by atoms with van der Waals surface area (Å²) in [5, 5.41) is 9.72. The van der Waals surface area contributed by atoms with Crippen LogP contribution in [0.3, 0.4) is 0 Å². The largest absolute Gasteiger partial charge is 0.477 e. The molecule has 2 atom stereocenters. The highest BCUT2D eigenvalue weighted by atomic mass is 16.7. The number of carboxylic acid groups (broad SMARTS) is 1. The van der Waals surface area contributed by atoms with Crippen molar-refractivity contribution in [1.29, 1.82) is 0 Å². The number of hydrogen-bond donors (Lipinski definition) is 1. The van der Waals surface area contributed by atoms with Crippen LogP contribution < -0.4 is 0 Å². The molecule has 0 aromatic rings. The summed E-state index contributed by atoms with van der Waals surface area (Å²) in [4.78, 5) is 37.5. The van der Waals surface area contributed by atoms with E-state index < -0.39 is 24.3 Å². The Bertz CT molecular complexity index is 1280. The fraction of sp³-hybridized carbons (Fsp3) is 0.928. The number of allylic oxidation sites excluding steroid dienone is 2. The number of hydrogen-bond acceptors (Lipinski definition) is 7. The fourth-order valence-corrected chi connectivity index (χ4v) is 10.5. The first kappa shape index (κ1) is 76.0. The van der Waals surface area contributed by atoms with Crippen LogP contribution in [-0.4, -0.2) is 87.4 Å². The highest BCUT2D eigenvalue weighted by molar-refractivity contribution is 5.71. The van der Waals surface area contributed by atoms with Crippen LogP contribution in [0.15, 0.2) is 12.2 Å². The van der Waals surface area contributed by atoms with E-state index in [-0.39, 0.29) is 32.2 Å². The van der Waals surface area contributed by atoms with Crippen molar-refractivity contribution in [2.75, 3.05) is 47.5 Å². The fourth-order valence-electron chi connectivity index (χ4n) is 10.5. The zero-order valence-corrected chi connectivity index (χ0v) is 52.9. The van der Waals surface area contributed by atoms with E-state index in [4.69, 9.17) is 18.9 Å². The smallest absolute Gasteiger partial charge is 0.361 e. The molecule has 1 N–H and O–H groups in total. The second-order valence-electron chi connectivity index (χ2n) is 24.8. The minimum atomic E-state index is -1.51. The van der Waals surface area contributed by atoms with E-state index in [2.05, 4.69) is 26.0 Å². The van der Waals surface area contributed by atoms with Crippen LogP contribution in [0.25, 0.3) is 0 Å². The number of nitrogens with zero attached hydrogens (tertiary/aromatic N) is 1. The number of unbranched alkanes of at least 4 members (excludes halogenated alkanes) is 48. The third-order valence-corrected chi connectivity index (χ3v) is 15.8. The number of aliphatic carboxylic acids is 1. The molecule has 0 saturated heterocycles. The van der Waals surface area contributed by atoms with Gasteiger partial charge in [0.25, 0.3) is 6.29 Å². The Morgan fingerprint density at radius 1 is 0.372 bits per heavy atom. The van der Waals surface area contributed by atoms with Crippen molar-refractivity contribution >= 4 is 17.9 Å². The van der Waals surface area contributed by atoms with Gasteiger partial charge in [0.2, 0.25) is 0 Å². The van der Waals surface area contributed by atoms with Gasteiger partial charge in [-0.15, -0.1) is 0 Å². The highest BCUT2D eigenvalue weighted by Crippen LogP contribution is 2.19. The molecule has 0 radical (unpaired) electrons. The Morgan fingerprint density at radius 2 is 0.654 bits per heavy atom. The van der Waals surface area contributed by atoms with Crippen LogP contribution in [0.4, 0.5) is 0 Å². The molecule has 0 rings (SSSR count). The molecule has 0 bridgehead atoms. The van der Waals surface area contributed by atoms with Crippen molar-refractivity contribution < 1.29 is 42.9 Å². The number of esters is 2. The van der Waals surface area contributed by atoms with Crippen LogP contribution >= 0.6 is 0 Å². The van der Waals surface area contributed by atoms with Crippen LogP contribution in [0.2, 0.25) is 0 Å². The maximum Gasteiger partial charge on any atom is 0.361 e. The third kappa shape index (κ3) is 61.6. The molecule has 0 spiro atoms. The first-order valence-electron chi connectivity index (χ1n) is 34.4. The Hall–Kier alpha value is -1.97. The van der Waals surface area contributed by atoms with Crippen LogP contribution in [-0.2, 0) is 33.3 Å². The van der Waals surface area contributed by atoms with Crippen molar-refractivity contribution in [3.8, 4) is 0 Å². The number of likely N-dealkylation sites (N-methyl/N-ethyl adjacent to an activating group) is 1. The number of quaternary nitrogens is 1. The molecule has 2 unspecified atom stereocenters. The van der Waals surface area contributed by atoms with E-state index >= 15 is 0 Å². The Balaban J connectivity index is 3.97. The van der Waals surface area contributed by atoms with E-state index in [1.54, 1.807) is 0 Å². The Labute approximate surface area is 485 Å². The number of carboxylic acids is 1. The second-order valence-corrected chi connectivity index (χ2v) is 24.8. The molecular formula is C69H134NO8+. The standard InChI is InChI=1S/C69H133NO8/c1-6-8-10-12-14-16-18-20-22-24-26-27-28-29-30-31-32-33-34-35-36-37-38-39-40-41-42-44-45-47-49-51-53-55-57-59-66(71)76-63-65(64-77-69(68(73)74)75-62-61-70(3,4)5)78-67(72)60-58-56-54-52-50-48-46-43-25-23-21-19-17-15-13-11-9-7-2/h23,25,65,69H,6-22,24,26-64H2,1-5H3/p+1/b25-23-. The van der Waals surface area contributed by atoms with Gasteiger partial charge in [-0.05, 0) is 38.5 Å². The van der Waals surface area contributed by atoms with Gasteiger partial charge in [-0.25, -0.2) is 4.79 Å². The maximum atomic E-state index is 12.9. The first-order valence-corrected chi connectivity index (χ1v) is 34.4. The molecule has 9 nitrogen and oxygen atoms in total. The Kier molecular flexibility index (Phi) is 59.6. The number of rotatable bonds is 65. The van der Waals surface area contributed by atoms with Gasteiger partial charge in [0.1, 0.15) is 13.2 Å². The summed E-state index contributed by atoms with van der Waals surface area (Å²) in [5.74, 6) is -1.98. The van der Waals surface area contributed by atoms with Gasteiger partial charge in [-0.1, -0.05) is 315 Å². The zero-order valence-electron chi connectivity index (χ0n) is 52.9.